The van der Waals surface area contributed by atoms with Crippen LogP contribution in [0.1, 0.15) is 31.7 Å². The van der Waals surface area contributed by atoms with Gasteiger partial charge in [0.25, 0.3) is 0 Å². The Labute approximate surface area is 105 Å². The summed E-state index contributed by atoms with van der Waals surface area (Å²) in [5.41, 5.74) is 5.76. The van der Waals surface area contributed by atoms with Crippen LogP contribution in [-0.2, 0) is 4.79 Å². The summed E-state index contributed by atoms with van der Waals surface area (Å²) in [4.78, 5) is 11.6. The molecule has 0 aliphatic rings. The quantitative estimate of drug-likeness (QED) is 0.851. The van der Waals surface area contributed by atoms with Crippen molar-refractivity contribution in [3.8, 4) is 0 Å². The molecule has 5 heteroatoms. The predicted molar refractivity (Wildman–Crippen MR) is 67.2 cm³/mol. The summed E-state index contributed by atoms with van der Waals surface area (Å²) in [5, 5.41) is 2.33. The first-order chi connectivity index (χ1) is 8.43. The van der Waals surface area contributed by atoms with Gasteiger partial charge in [0, 0.05) is 18.5 Å². The molecule has 0 aliphatic heterocycles. The number of benzene rings is 1. The largest absolute Gasteiger partial charge is 0.327 e. The van der Waals surface area contributed by atoms with Crippen LogP contribution in [0.15, 0.2) is 12.1 Å². The molecule has 0 aromatic heterocycles. The zero-order valence-electron chi connectivity index (χ0n) is 10.6. The van der Waals surface area contributed by atoms with Crippen molar-refractivity contribution in [2.45, 2.75) is 39.2 Å². The van der Waals surface area contributed by atoms with Crippen molar-refractivity contribution in [2.24, 2.45) is 5.73 Å². The van der Waals surface area contributed by atoms with Crippen LogP contribution in [0.2, 0.25) is 0 Å². The summed E-state index contributed by atoms with van der Waals surface area (Å²) < 4.78 is 26.7. The van der Waals surface area contributed by atoms with Gasteiger partial charge in [0.15, 0.2) is 0 Å². The number of nitrogens with two attached hydrogens (primary N) is 1. The molecule has 0 aliphatic carbocycles. The van der Waals surface area contributed by atoms with Crippen LogP contribution in [0.3, 0.4) is 0 Å². The highest BCUT2D eigenvalue weighted by Gasteiger charge is 2.13. The van der Waals surface area contributed by atoms with Gasteiger partial charge in [-0.15, -0.1) is 0 Å². The summed E-state index contributed by atoms with van der Waals surface area (Å²) in [7, 11) is 0. The third kappa shape index (κ3) is 4.07. The van der Waals surface area contributed by atoms with Crippen LogP contribution in [0.25, 0.3) is 0 Å². The van der Waals surface area contributed by atoms with E-state index in [2.05, 4.69) is 5.32 Å². The fourth-order valence-electron chi connectivity index (χ4n) is 1.65. The number of aryl methyl sites for hydroxylation is 1. The van der Waals surface area contributed by atoms with Gasteiger partial charge >= 0.3 is 0 Å². The van der Waals surface area contributed by atoms with Gasteiger partial charge in [0.05, 0.1) is 5.69 Å². The van der Waals surface area contributed by atoms with E-state index >= 15 is 0 Å². The van der Waals surface area contributed by atoms with Crippen LogP contribution < -0.4 is 11.1 Å². The van der Waals surface area contributed by atoms with Crippen molar-refractivity contribution < 1.29 is 13.6 Å². The molecule has 3 nitrogen and oxygen atoms in total. The molecule has 1 unspecified atom stereocenters. The van der Waals surface area contributed by atoms with Gasteiger partial charge in [0.2, 0.25) is 5.91 Å². The van der Waals surface area contributed by atoms with Gasteiger partial charge in [-0.3, -0.25) is 4.79 Å². The first-order valence-corrected chi connectivity index (χ1v) is 5.95. The highest BCUT2D eigenvalue weighted by Crippen LogP contribution is 2.19. The summed E-state index contributed by atoms with van der Waals surface area (Å²) in [6, 6.07) is 1.78. The SMILES string of the molecule is CCCC(N)CC(=O)Nc1cc(F)c(C)cc1F. The van der Waals surface area contributed by atoms with Crippen molar-refractivity contribution in [3.63, 3.8) is 0 Å². The van der Waals surface area contributed by atoms with Gasteiger partial charge in [-0.05, 0) is 25.0 Å². The van der Waals surface area contributed by atoms with Crippen LogP contribution in [0, 0.1) is 18.6 Å². The normalized spacial score (nSPS) is 12.3. The molecule has 0 bridgehead atoms. The summed E-state index contributed by atoms with van der Waals surface area (Å²) in [6.07, 6.45) is 1.70. The van der Waals surface area contributed by atoms with E-state index in [9.17, 15) is 13.6 Å². The zero-order valence-corrected chi connectivity index (χ0v) is 10.6. The Morgan fingerprint density at radius 1 is 1.39 bits per heavy atom. The van der Waals surface area contributed by atoms with Crippen LogP contribution in [-0.4, -0.2) is 11.9 Å². The monoisotopic (exact) mass is 256 g/mol. The minimum Gasteiger partial charge on any atom is -0.327 e. The molecule has 0 heterocycles. The minimum absolute atomic E-state index is 0.1000. The van der Waals surface area contributed by atoms with E-state index < -0.39 is 17.5 Å². The maximum Gasteiger partial charge on any atom is 0.226 e. The topological polar surface area (TPSA) is 55.1 Å². The average Bonchev–Trinajstić information content (AvgIpc) is 2.26. The van der Waals surface area contributed by atoms with E-state index in [0.717, 1.165) is 25.0 Å². The lowest BCUT2D eigenvalue weighted by atomic mass is 10.1. The van der Waals surface area contributed by atoms with Gasteiger partial charge in [-0.1, -0.05) is 13.3 Å². The smallest absolute Gasteiger partial charge is 0.226 e. The van der Waals surface area contributed by atoms with E-state index in [4.69, 9.17) is 5.73 Å². The fourth-order valence-corrected chi connectivity index (χ4v) is 1.65. The van der Waals surface area contributed by atoms with E-state index in [0.29, 0.717) is 0 Å². The maximum atomic E-state index is 13.5. The highest BCUT2D eigenvalue weighted by atomic mass is 19.1. The first kappa shape index (κ1) is 14.6. The Morgan fingerprint density at radius 3 is 2.67 bits per heavy atom. The Bertz CT molecular complexity index is 435. The van der Waals surface area contributed by atoms with Gasteiger partial charge < -0.3 is 11.1 Å². The van der Waals surface area contributed by atoms with Gasteiger partial charge in [0.1, 0.15) is 11.6 Å². The molecule has 1 amide bonds. The average molecular weight is 256 g/mol. The minimum atomic E-state index is -0.647. The lowest BCUT2D eigenvalue weighted by Crippen LogP contribution is -2.27. The number of carbonyl (C=O) groups excluding carboxylic acids is 1. The van der Waals surface area contributed by atoms with Crippen LogP contribution in [0.4, 0.5) is 14.5 Å². The molecule has 3 N–H and O–H groups in total. The number of hydrogen-bond donors (Lipinski definition) is 2. The molecule has 0 saturated carbocycles. The highest BCUT2D eigenvalue weighted by molar-refractivity contribution is 5.91. The van der Waals surface area contributed by atoms with E-state index in [1.807, 2.05) is 6.92 Å². The number of amides is 1. The van der Waals surface area contributed by atoms with Gasteiger partial charge in [-0.2, -0.15) is 0 Å². The summed E-state index contributed by atoms with van der Waals surface area (Å²) >= 11 is 0. The van der Waals surface area contributed by atoms with Crippen molar-refractivity contribution in [1.82, 2.24) is 0 Å². The molecule has 1 aromatic carbocycles. The fraction of sp³-hybridized carbons (Fsp3) is 0.462. The van der Waals surface area contributed by atoms with Crippen molar-refractivity contribution in [3.05, 3.63) is 29.3 Å². The molecule has 0 spiro atoms. The third-order valence-electron chi connectivity index (χ3n) is 2.63. The van der Waals surface area contributed by atoms with Crippen molar-refractivity contribution in [1.29, 1.82) is 0 Å². The van der Waals surface area contributed by atoms with E-state index in [1.54, 1.807) is 0 Å². The molecule has 1 aromatic rings. The molecule has 1 atom stereocenters. The summed E-state index contributed by atoms with van der Waals surface area (Å²) in [5.74, 6) is -1.60. The second-order valence-electron chi connectivity index (χ2n) is 4.38. The lowest BCUT2D eigenvalue weighted by Gasteiger charge is -2.11. The Hall–Kier alpha value is -1.49. The molecular formula is C13H18F2N2O. The molecule has 0 fully saturated rings. The van der Waals surface area contributed by atoms with E-state index in [-0.39, 0.29) is 23.7 Å². The maximum absolute atomic E-state index is 13.5. The molecule has 100 valence electrons. The number of rotatable bonds is 5. The second kappa shape index (κ2) is 6.44. The number of carbonyl (C=O) groups is 1. The zero-order chi connectivity index (χ0) is 13.7. The van der Waals surface area contributed by atoms with E-state index in [1.165, 1.54) is 6.92 Å². The third-order valence-corrected chi connectivity index (χ3v) is 2.63. The Kier molecular flexibility index (Phi) is 5.22. The Balaban J connectivity index is 2.67. The summed E-state index contributed by atoms with van der Waals surface area (Å²) in [6.45, 7) is 3.42. The first-order valence-electron chi connectivity index (χ1n) is 5.95. The van der Waals surface area contributed by atoms with Gasteiger partial charge in [-0.25, -0.2) is 8.78 Å². The molecule has 0 radical (unpaired) electrons. The molecule has 18 heavy (non-hydrogen) atoms. The number of anilines is 1. The number of nitrogens with one attached hydrogen (secondary N) is 1. The predicted octanol–water partition coefficient (Wildman–Crippen LogP) is 2.73. The second-order valence-corrected chi connectivity index (χ2v) is 4.38. The number of halogens is 2. The van der Waals surface area contributed by atoms with Crippen molar-refractivity contribution in [2.75, 3.05) is 5.32 Å². The molecule has 0 saturated heterocycles. The number of hydrogen-bond acceptors (Lipinski definition) is 2. The molecular weight excluding hydrogens is 238 g/mol. The standard InChI is InChI=1S/C13H18F2N2O/c1-3-4-9(16)6-13(18)17-12-7-10(14)8(2)5-11(12)15/h5,7,9H,3-4,6,16H2,1-2H3,(H,17,18). The van der Waals surface area contributed by atoms with Crippen LogP contribution >= 0.6 is 0 Å². The van der Waals surface area contributed by atoms with Crippen LogP contribution in [0.5, 0.6) is 0 Å². The lowest BCUT2D eigenvalue weighted by molar-refractivity contribution is -0.116. The molecule has 1 rings (SSSR count). The Morgan fingerprint density at radius 2 is 2.06 bits per heavy atom. The van der Waals surface area contributed by atoms with Crippen molar-refractivity contribution >= 4 is 11.6 Å².